The van der Waals surface area contributed by atoms with E-state index in [9.17, 15) is 4.79 Å². The molecule has 31 heavy (non-hydrogen) atoms. The maximum absolute atomic E-state index is 11.6. The highest BCUT2D eigenvalue weighted by Crippen LogP contribution is 2.36. The molecule has 0 spiro atoms. The molecule has 0 aliphatic carbocycles. The molecule has 0 aliphatic heterocycles. The van der Waals surface area contributed by atoms with Crippen LogP contribution in [-0.4, -0.2) is 20.8 Å². The monoisotopic (exact) mass is 430 g/mol. The van der Waals surface area contributed by atoms with Gasteiger partial charge in [0.15, 0.2) is 0 Å². The maximum Gasteiger partial charge on any atom is 0.265 e. The van der Waals surface area contributed by atoms with Gasteiger partial charge in [-0.05, 0) is 33.1 Å². The highest BCUT2D eigenvalue weighted by molar-refractivity contribution is 6.99. The molecule has 0 bridgehead atoms. The number of hydrogen-bond acceptors (Lipinski definition) is 3. The second kappa shape index (κ2) is 9.88. The molecule has 0 saturated carbocycles. The normalized spacial score (nSPS) is 12.1. The van der Waals surface area contributed by atoms with Crippen LogP contribution >= 0.6 is 0 Å². The zero-order valence-corrected chi connectivity index (χ0v) is 19.3. The molecule has 0 aromatic heterocycles. The van der Waals surface area contributed by atoms with E-state index in [1.807, 2.05) is 36.4 Å². The molecule has 3 aromatic rings. The predicted molar refractivity (Wildman–Crippen MR) is 131 cm³/mol. The topological polar surface area (TPSA) is 64.3 Å². The first-order valence-corrected chi connectivity index (χ1v) is 12.3. The van der Waals surface area contributed by atoms with Crippen molar-refractivity contribution in [1.29, 1.82) is 0 Å². The molecule has 3 aromatic carbocycles. The molecule has 0 saturated heterocycles. The van der Waals surface area contributed by atoms with E-state index in [1.54, 1.807) is 12.1 Å². The van der Waals surface area contributed by atoms with E-state index in [2.05, 4.69) is 74.7 Å². The SMILES string of the molecule is CC(C)(C)[Si](OCC=Cc1ccc(C(=O)NN)cc1)(c1ccccc1)c1ccccc1. The second-order valence-corrected chi connectivity index (χ2v) is 12.8. The summed E-state index contributed by atoms with van der Waals surface area (Å²) in [6, 6.07) is 28.5. The number of amides is 1. The minimum atomic E-state index is -2.53. The number of carbonyl (C=O) groups excluding carboxylic acids is 1. The first kappa shape index (κ1) is 22.7. The lowest BCUT2D eigenvalue weighted by Crippen LogP contribution is -2.66. The fraction of sp³-hybridized carbons (Fsp3) is 0.192. The van der Waals surface area contributed by atoms with Crippen LogP contribution in [0.2, 0.25) is 5.04 Å². The Labute approximate surface area is 185 Å². The van der Waals surface area contributed by atoms with Gasteiger partial charge in [-0.3, -0.25) is 10.2 Å². The second-order valence-electron chi connectivity index (χ2n) is 8.47. The highest BCUT2D eigenvalue weighted by Gasteiger charge is 2.49. The Morgan fingerprint density at radius 3 is 1.87 bits per heavy atom. The maximum atomic E-state index is 11.6. The molecule has 160 valence electrons. The van der Waals surface area contributed by atoms with Crippen LogP contribution in [0, 0.1) is 0 Å². The Morgan fingerprint density at radius 1 is 0.903 bits per heavy atom. The van der Waals surface area contributed by atoms with E-state index >= 15 is 0 Å². The van der Waals surface area contributed by atoms with Gasteiger partial charge in [0.25, 0.3) is 14.2 Å². The summed E-state index contributed by atoms with van der Waals surface area (Å²) in [5.41, 5.74) is 3.67. The van der Waals surface area contributed by atoms with Crippen molar-refractivity contribution < 1.29 is 9.22 Å². The van der Waals surface area contributed by atoms with Crippen molar-refractivity contribution in [1.82, 2.24) is 5.43 Å². The summed E-state index contributed by atoms with van der Waals surface area (Å²) in [5.74, 6) is 4.89. The number of nitrogens with two attached hydrogens (primary N) is 1. The van der Waals surface area contributed by atoms with Crippen LogP contribution < -0.4 is 21.6 Å². The third-order valence-electron chi connectivity index (χ3n) is 5.43. The van der Waals surface area contributed by atoms with E-state index in [0.717, 1.165) is 5.56 Å². The van der Waals surface area contributed by atoms with Crippen molar-refractivity contribution >= 4 is 30.7 Å². The van der Waals surface area contributed by atoms with Crippen LogP contribution in [-0.2, 0) is 4.43 Å². The summed E-state index contributed by atoms with van der Waals surface area (Å²) in [7, 11) is -2.53. The van der Waals surface area contributed by atoms with Crippen LogP contribution in [0.4, 0.5) is 0 Å². The number of carbonyl (C=O) groups is 1. The quantitative estimate of drug-likeness (QED) is 0.259. The van der Waals surface area contributed by atoms with Gasteiger partial charge in [0.1, 0.15) is 0 Å². The lowest BCUT2D eigenvalue weighted by molar-refractivity contribution is 0.0953. The molecule has 0 unspecified atom stereocenters. The number of hydrogen-bond donors (Lipinski definition) is 2. The van der Waals surface area contributed by atoms with Crippen LogP contribution in [0.15, 0.2) is 91.0 Å². The minimum absolute atomic E-state index is 0.0548. The van der Waals surface area contributed by atoms with Gasteiger partial charge < -0.3 is 4.43 Å². The van der Waals surface area contributed by atoms with Crippen LogP contribution in [0.3, 0.4) is 0 Å². The van der Waals surface area contributed by atoms with Crippen molar-refractivity contribution in [3.8, 4) is 0 Å². The molecule has 0 heterocycles. The number of nitrogens with one attached hydrogen (secondary N) is 1. The van der Waals surface area contributed by atoms with E-state index in [-0.39, 0.29) is 10.9 Å². The molecule has 3 rings (SSSR count). The summed E-state index contributed by atoms with van der Waals surface area (Å²) in [4.78, 5) is 11.6. The predicted octanol–water partition coefficient (Wildman–Crippen LogP) is 3.88. The van der Waals surface area contributed by atoms with Crippen molar-refractivity contribution in [3.63, 3.8) is 0 Å². The van der Waals surface area contributed by atoms with Crippen LogP contribution in [0.5, 0.6) is 0 Å². The summed E-state index contributed by atoms with van der Waals surface area (Å²) in [6.07, 6.45) is 4.05. The van der Waals surface area contributed by atoms with Crippen molar-refractivity contribution in [2.45, 2.75) is 25.8 Å². The zero-order valence-electron chi connectivity index (χ0n) is 18.3. The number of rotatable bonds is 7. The fourth-order valence-electron chi connectivity index (χ4n) is 3.95. The average Bonchev–Trinajstić information content (AvgIpc) is 2.79. The third-order valence-corrected chi connectivity index (χ3v) is 10.4. The van der Waals surface area contributed by atoms with Gasteiger partial charge in [0.2, 0.25) is 0 Å². The van der Waals surface area contributed by atoms with E-state index in [1.165, 1.54) is 10.4 Å². The Bertz CT molecular complexity index is 971. The van der Waals surface area contributed by atoms with Crippen LogP contribution in [0.25, 0.3) is 6.08 Å². The summed E-state index contributed by atoms with van der Waals surface area (Å²) in [5, 5.41) is 2.47. The number of hydrazine groups is 1. The zero-order chi connectivity index (χ0) is 22.3. The molecular weight excluding hydrogens is 400 g/mol. The molecule has 0 aliphatic rings. The first-order valence-electron chi connectivity index (χ1n) is 10.4. The highest BCUT2D eigenvalue weighted by atomic mass is 28.4. The first-order chi connectivity index (χ1) is 14.9. The Hall–Kier alpha value is -2.99. The van der Waals surface area contributed by atoms with E-state index in [0.29, 0.717) is 12.2 Å². The summed E-state index contributed by atoms with van der Waals surface area (Å²) in [6.45, 7) is 7.30. The third kappa shape index (κ3) is 5.02. The molecule has 5 heteroatoms. The van der Waals surface area contributed by atoms with Gasteiger partial charge in [0.05, 0.1) is 6.61 Å². The largest absolute Gasteiger partial charge is 0.404 e. The fourth-order valence-corrected chi connectivity index (χ4v) is 8.45. The van der Waals surface area contributed by atoms with Crippen molar-refractivity contribution in [2.75, 3.05) is 6.61 Å². The van der Waals surface area contributed by atoms with Gasteiger partial charge in [0, 0.05) is 5.56 Å². The minimum Gasteiger partial charge on any atom is -0.404 e. The van der Waals surface area contributed by atoms with Crippen LogP contribution in [0.1, 0.15) is 36.7 Å². The van der Waals surface area contributed by atoms with Crippen molar-refractivity contribution in [2.24, 2.45) is 5.84 Å². The average molecular weight is 431 g/mol. The van der Waals surface area contributed by atoms with Gasteiger partial charge in [-0.1, -0.05) is 106 Å². The molecule has 0 fully saturated rings. The van der Waals surface area contributed by atoms with Gasteiger partial charge in [-0.15, -0.1) is 0 Å². The van der Waals surface area contributed by atoms with E-state index in [4.69, 9.17) is 10.3 Å². The van der Waals surface area contributed by atoms with Crippen molar-refractivity contribution in [3.05, 3.63) is 102 Å². The Kier molecular flexibility index (Phi) is 7.23. The van der Waals surface area contributed by atoms with Gasteiger partial charge in [-0.2, -0.15) is 0 Å². The molecule has 1 amide bonds. The molecule has 4 nitrogen and oxygen atoms in total. The summed E-state index contributed by atoms with van der Waals surface area (Å²) < 4.78 is 6.84. The number of nitrogen functional groups attached to an aromatic ring is 1. The Balaban J connectivity index is 1.88. The smallest absolute Gasteiger partial charge is 0.265 e. The Morgan fingerprint density at radius 2 is 1.42 bits per heavy atom. The van der Waals surface area contributed by atoms with E-state index < -0.39 is 8.32 Å². The molecule has 3 N–H and O–H groups in total. The lowest BCUT2D eigenvalue weighted by Gasteiger charge is -2.42. The van der Waals surface area contributed by atoms with Gasteiger partial charge >= 0.3 is 0 Å². The molecule has 0 atom stereocenters. The molecule has 0 radical (unpaired) electrons. The lowest BCUT2D eigenvalue weighted by atomic mass is 10.1. The standard InChI is InChI=1S/C26H30N2O2Si/c1-26(2,3)31(23-12-6-4-7-13-23,24-14-8-5-9-15-24)30-20-10-11-21-16-18-22(19-17-21)25(29)28-27/h4-19H,20,27H2,1-3H3,(H,28,29). The number of benzene rings is 3. The molecular formula is C26H30N2O2Si. The summed E-state index contributed by atoms with van der Waals surface area (Å²) >= 11 is 0. The van der Waals surface area contributed by atoms with Gasteiger partial charge in [-0.25, -0.2) is 5.84 Å².